The molecular formula is C10H14N2O4. The van der Waals surface area contributed by atoms with E-state index in [1.54, 1.807) is 20.0 Å². The molecule has 0 spiro atoms. The summed E-state index contributed by atoms with van der Waals surface area (Å²) in [5, 5.41) is 11.4. The summed E-state index contributed by atoms with van der Waals surface area (Å²) < 4.78 is 6.21. The molecular weight excluding hydrogens is 212 g/mol. The highest BCUT2D eigenvalue weighted by molar-refractivity contribution is 5.67. The van der Waals surface area contributed by atoms with Crippen molar-refractivity contribution in [2.24, 2.45) is 0 Å². The van der Waals surface area contributed by atoms with Gasteiger partial charge in [0.05, 0.1) is 7.11 Å². The van der Waals surface area contributed by atoms with Gasteiger partial charge in [0.25, 0.3) is 5.56 Å². The Hall–Kier alpha value is -1.98. The van der Waals surface area contributed by atoms with Crippen LogP contribution in [0.15, 0.2) is 10.9 Å². The Morgan fingerprint density at radius 2 is 2.25 bits per heavy atom. The molecule has 2 N–H and O–H groups in total. The first kappa shape index (κ1) is 12.1. The molecule has 0 radical (unpaired) electrons. The van der Waals surface area contributed by atoms with E-state index in [0.29, 0.717) is 11.4 Å². The number of nitrogens with one attached hydrogen (secondary N) is 1. The van der Waals surface area contributed by atoms with Gasteiger partial charge in [0.2, 0.25) is 0 Å². The third-order valence-corrected chi connectivity index (χ3v) is 2.23. The molecule has 0 bridgehead atoms. The molecule has 0 amide bonds. The van der Waals surface area contributed by atoms with Gasteiger partial charge in [-0.15, -0.1) is 0 Å². The van der Waals surface area contributed by atoms with Crippen LogP contribution >= 0.6 is 0 Å². The van der Waals surface area contributed by atoms with E-state index in [2.05, 4.69) is 5.32 Å². The zero-order valence-corrected chi connectivity index (χ0v) is 9.40. The van der Waals surface area contributed by atoms with Crippen LogP contribution in [-0.4, -0.2) is 29.8 Å². The van der Waals surface area contributed by atoms with Crippen LogP contribution in [0.3, 0.4) is 0 Å². The number of carboxylic acids is 1. The summed E-state index contributed by atoms with van der Waals surface area (Å²) in [5.41, 5.74) is 0.402. The first-order valence-electron chi connectivity index (χ1n) is 4.69. The Morgan fingerprint density at radius 3 is 2.69 bits per heavy atom. The lowest BCUT2D eigenvalue weighted by Gasteiger charge is -2.13. The van der Waals surface area contributed by atoms with Crippen molar-refractivity contribution in [3.05, 3.63) is 22.1 Å². The second-order valence-corrected chi connectivity index (χ2v) is 3.26. The monoisotopic (exact) mass is 226 g/mol. The van der Waals surface area contributed by atoms with Gasteiger partial charge in [-0.25, -0.2) is 0 Å². The molecule has 1 aromatic rings. The van der Waals surface area contributed by atoms with Crippen molar-refractivity contribution < 1.29 is 14.6 Å². The van der Waals surface area contributed by atoms with E-state index in [0.717, 1.165) is 0 Å². The minimum atomic E-state index is -1.06. The molecule has 0 aliphatic heterocycles. The zero-order chi connectivity index (χ0) is 12.3. The molecule has 1 heterocycles. The number of nitrogens with zero attached hydrogens (tertiary/aromatic N) is 1. The van der Waals surface area contributed by atoms with Crippen molar-refractivity contribution in [3.63, 3.8) is 0 Å². The molecule has 6 heteroatoms. The number of aliphatic carboxylic acids is 1. The Kier molecular flexibility index (Phi) is 3.55. The first-order valence-corrected chi connectivity index (χ1v) is 4.69. The van der Waals surface area contributed by atoms with Crippen LogP contribution in [0.25, 0.3) is 0 Å². The summed E-state index contributed by atoms with van der Waals surface area (Å²) in [6.07, 6.45) is 0. The smallest absolute Gasteiger partial charge is 0.323 e. The van der Waals surface area contributed by atoms with Crippen molar-refractivity contribution in [2.75, 3.05) is 19.5 Å². The summed E-state index contributed by atoms with van der Waals surface area (Å²) in [5.74, 6) is -0.649. The number of methoxy groups -OCH3 is 1. The third-order valence-electron chi connectivity index (χ3n) is 2.23. The van der Waals surface area contributed by atoms with Gasteiger partial charge in [-0.05, 0) is 6.92 Å². The quantitative estimate of drug-likeness (QED) is 0.771. The fourth-order valence-electron chi connectivity index (χ4n) is 1.46. The highest BCUT2D eigenvalue weighted by Crippen LogP contribution is 2.20. The number of aromatic nitrogens is 1. The maximum atomic E-state index is 11.9. The fraction of sp³-hybridized carbons (Fsp3) is 0.400. The number of hydrogen-bond acceptors (Lipinski definition) is 4. The molecule has 6 nitrogen and oxygen atoms in total. The molecule has 16 heavy (non-hydrogen) atoms. The molecule has 88 valence electrons. The molecule has 0 saturated heterocycles. The summed E-state index contributed by atoms with van der Waals surface area (Å²) in [7, 11) is 3.04. The van der Waals surface area contributed by atoms with Crippen LogP contribution in [-0.2, 0) is 11.3 Å². The van der Waals surface area contributed by atoms with Crippen molar-refractivity contribution in [1.82, 2.24) is 4.57 Å². The lowest BCUT2D eigenvalue weighted by atomic mass is 10.3. The number of aryl methyl sites for hydroxylation is 1. The third kappa shape index (κ3) is 2.16. The Bertz CT molecular complexity index is 465. The van der Waals surface area contributed by atoms with Crippen LogP contribution in [0, 0.1) is 6.92 Å². The molecule has 0 atom stereocenters. The first-order chi connectivity index (χ1) is 7.51. The minimum absolute atomic E-state index is 0.259. The second kappa shape index (κ2) is 4.69. The van der Waals surface area contributed by atoms with E-state index in [4.69, 9.17) is 9.84 Å². The van der Waals surface area contributed by atoms with E-state index >= 15 is 0 Å². The molecule has 0 aliphatic rings. The van der Waals surface area contributed by atoms with Gasteiger partial charge in [0, 0.05) is 18.8 Å². The SMILES string of the molecule is CNc1c(OC)cc(C)n(CC(=O)O)c1=O. The average Bonchev–Trinajstić information content (AvgIpc) is 2.23. The molecule has 0 fully saturated rings. The van der Waals surface area contributed by atoms with Crippen molar-refractivity contribution in [2.45, 2.75) is 13.5 Å². The number of rotatable bonds is 4. The molecule has 0 aliphatic carbocycles. The van der Waals surface area contributed by atoms with Crippen molar-refractivity contribution in [3.8, 4) is 5.75 Å². The number of carboxylic acid groups (broad SMARTS) is 1. The summed E-state index contributed by atoms with van der Waals surface area (Å²) in [6, 6.07) is 1.62. The lowest BCUT2D eigenvalue weighted by molar-refractivity contribution is -0.137. The molecule has 0 unspecified atom stereocenters. The van der Waals surface area contributed by atoms with E-state index in [-0.39, 0.29) is 12.2 Å². The van der Waals surface area contributed by atoms with Gasteiger partial charge < -0.3 is 15.2 Å². The normalized spacial score (nSPS) is 9.94. The minimum Gasteiger partial charge on any atom is -0.494 e. The van der Waals surface area contributed by atoms with Crippen molar-refractivity contribution in [1.29, 1.82) is 0 Å². The average molecular weight is 226 g/mol. The second-order valence-electron chi connectivity index (χ2n) is 3.26. The van der Waals surface area contributed by atoms with Crippen LogP contribution in [0.4, 0.5) is 5.69 Å². The number of carbonyl (C=O) groups is 1. The molecule has 0 aromatic carbocycles. The van der Waals surface area contributed by atoms with Crippen LogP contribution < -0.4 is 15.6 Å². The van der Waals surface area contributed by atoms with Crippen LogP contribution in [0.5, 0.6) is 5.75 Å². The van der Waals surface area contributed by atoms with E-state index in [1.807, 2.05) is 0 Å². The maximum absolute atomic E-state index is 11.9. The lowest BCUT2D eigenvalue weighted by Crippen LogP contribution is -2.28. The van der Waals surface area contributed by atoms with Gasteiger partial charge >= 0.3 is 5.97 Å². The highest BCUT2D eigenvalue weighted by Gasteiger charge is 2.13. The maximum Gasteiger partial charge on any atom is 0.323 e. The van der Waals surface area contributed by atoms with Gasteiger partial charge in [0.1, 0.15) is 18.0 Å². The standard InChI is InChI=1S/C10H14N2O4/c1-6-4-7(16-3)9(11-2)10(15)12(6)5-8(13)14/h4,11H,5H2,1-3H3,(H,13,14). The van der Waals surface area contributed by atoms with E-state index < -0.39 is 11.5 Å². The Balaban J connectivity index is 3.41. The van der Waals surface area contributed by atoms with Gasteiger partial charge in [-0.1, -0.05) is 0 Å². The Morgan fingerprint density at radius 1 is 1.62 bits per heavy atom. The van der Waals surface area contributed by atoms with Crippen LogP contribution in [0.1, 0.15) is 5.69 Å². The number of pyridine rings is 1. The largest absolute Gasteiger partial charge is 0.494 e. The highest BCUT2D eigenvalue weighted by atomic mass is 16.5. The number of anilines is 1. The summed E-state index contributed by atoms with van der Waals surface area (Å²) >= 11 is 0. The van der Waals surface area contributed by atoms with Gasteiger partial charge in [-0.3, -0.25) is 14.2 Å². The molecule has 0 saturated carbocycles. The van der Waals surface area contributed by atoms with Gasteiger partial charge in [-0.2, -0.15) is 0 Å². The Labute approximate surface area is 92.5 Å². The van der Waals surface area contributed by atoms with Crippen LogP contribution in [0.2, 0.25) is 0 Å². The number of hydrogen-bond donors (Lipinski definition) is 2. The molecule has 1 aromatic heterocycles. The zero-order valence-electron chi connectivity index (χ0n) is 9.40. The predicted octanol–water partition coefficient (Wildman–Crippen LogP) is 0.292. The summed E-state index contributed by atoms with van der Waals surface area (Å²) in [6.45, 7) is 1.30. The predicted molar refractivity (Wildman–Crippen MR) is 59.2 cm³/mol. The van der Waals surface area contributed by atoms with E-state index in [1.165, 1.54) is 11.7 Å². The van der Waals surface area contributed by atoms with Gasteiger partial charge in [0.15, 0.2) is 0 Å². The topological polar surface area (TPSA) is 80.6 Å². The van der Waals surface area contributed by atoms with Crippen molar-refractivity contribution >= 4 is 11.7 Å². The molecule has 1 rings (SSSR count). The fourth-order valence-corrected chi connectivity index (χ4v) is 1.46. The summed E-state index contributed by atoms with van der Waals surface area (Å²) in [4.78, 5) is 22.5. The van der Waals surface area contributed by atoms with E-state index in [9.17, 15) is 9.59 Å². The number of ether oxygens (including phenoxy) is 1.